The number of carbonyl (C=O) groups excluding carboxylic acids is 2. The van der Waals surface area contributed by atoms with Gasteiger partial charge in [0.25, 0.3) is 0 Å². The number of amides is 2. The first-order valence-corrected chi connectivity index (χ1v) is 12.1. The molecule has 7 heteroatoms. The normalized spacial score (nSPS) is 15.2. The van der Waals surface area contributed by atoms with Crippen molar-refractivity contribution < 1.29 is 24.2 Å². The molecule has 7 nitrogen and oxygen atoms in total. The van der Waals surface area contributed by atoms with Crippen LogP contribution in [-0.4, -0.2) is 53.7 Å². The lowest BCUT2D eigenvalue weighted by molar-refractivity contribution is -0.138. The van der Waals surface area contributed by atoms with Gasteiger partial charge in [-0.25, -0.2) is 4.79 Å². The Morgan fingerprint density at radius 1 is 1.06 bits per heavy atom. The first-order valence-electron chi connectivity index (χ1n) is 12.1. The van der Waals surface area contributed by atoms with Crippen molar-refractivity contribution in [2.24, 2.45) is 5.92 Å². The average molecular weight is 465 g/mol. The zero-order valence-corrected chi connectivity index (χ0v) is 19.5. The van der Waals surface area contributed by atoms with E-state index in [1.807, 2.05) is 31.2 Å². The van der Waals surface area contributed by atoms with Crippen molar-refractivity contribution in [2.45, 2.75) is 51.0 Å². The molecule has 2 amide bonds. The number of nitrogens with zero attached hydrogens (tertiary/aromatic N) is 1. The van der Waals surface area contributed by atoms with E-state index in [4.69, 9.17) is 9.84 Å². The van der Waals surface area contributed by atoms with Gasteiger partial charge in [0.1, 0.15) is 6.61 Å². The molecule has 34 heavy (non-hydrogen) atoms. The molecule has 0 aromatic heterocycles. The lowest BCUT2D eigenvalue weighted by Crippen LogP contribution is -2.42. The van der Waals surface area contributed by atoms with Crippen LogP contribution < -0.4 is 5.32 Å². The monoisotopic (exact) mass is 464 g/mol. The zero-order chi connectivity index (χ0) is 24.1. The Kier molecular flexibility index (Phi) is 7.50. The van der Waals surface area contributed by atoms with Gasteiger partial charge in [-0.2, -0.15) is 0 Å². The Morgan fingerprint density at radius 2 is 1.68 bits per heavy atom. The van der Waals surface area contributed by atoms with Crippen LogP contribution in [0.15, 0.2) is 48.5 Å². The van der Waals surface area contributed by atoms with Crippen LogP contribution in [-0.2, 0) is 14.3 Å². The molecule has 1 atom stereocenters. The molecule has 2 N–H and O–H groups in total. The predicted molar refractivity (Wildman–Crippen MR) is 128 cm³/mol. The van der Waals surface area contributed by atoms with E-state index in [0.29, 0.717) is 19.5 Å². The van der Waals surface area contributed by atoms with E-state index >= 15 is 0 Å². The first kappa shape index (κ1) is 23.8. The number of carboxylic acid groups (broad SMARTS) is 1. The van der Waals surface area contributed by atoms with Crippen LogP contribution in [0.25, 0.3) is 11.1 Å². The van der Waals surface area contributed by atoms with Gasteiger partial charge in [0.15, 0.2) is 0 Å². The van der Waals surface area contributed by atoms with Crippen molar-refractivity contribution in [3.8, 4) is 11.1 Å². The molecular weight excluding hydrogens is 432 g/mol. The molecule has 1 fully saturated rings. The van der Waals surface area contributed by atoms with Gasteiger partial charge in [-0.05, 0) is 54.4 Å². The molecule has 1 unspecified atom stereocenters. The van der Waals surface area contributed by atoms with Crippen LogP contribution in [0, 0.1) is 5.92 Å². The largest absolute Gasteiger partial charge is 0.481 e. The molecule has 0 spiro atoms. The van der Waals surface area contributed by atoms with E-state index in [-0.39, 0.29) is 43.2 Å². The number of alkyl carbamates (subject to hydrolysis) is 1. The van der Waals surface area contributed by atoms with Crippen LogP contribution in [0.4, 0.5) is 4.79 Å². The van der Waals surface area contributed by atoms with E-state index in [0.717, 1.165) is 24.0 Å². The second-order valence-electron chi connectivity index (χ2n) is 9.09. The number of hydrogen-bond donors (Lipinski definition) is 2. The summed E-state index contributed by atoms with van der Waals surface area (Å²) in [7, 11) is 0. The summed E-state index contributed by atoms with van der Waals surface area (Å²) in [5.41, 5.74) is 4.67. The topological polar surface area (TPSA) is 95.9 Å². The average Bonchev–Trinajstić information content (AvgIpc) is 3.63. The summed E-state index contributed by atoms with van der Waals surface area (Å²) in [6.45, 7) is 3.04. The summed E-state index contributed by atoms with van der Waals surface area (Å²) in [6.07, 6.45) is 2.12. The lowest BCUT2D eigenvalue weighted by Gasteiger charge is -2.24. The minimum absolute atomic E-state index is 0.0102. The van der Waals surface area contributed by atoms with Gasteiger partial charge in [-0.15, -0.1) is 0 Å². The molecule has 2 aliphatic rings. The van der Waals surface area contributed by atoms with E-state index < -0.39 is 12.1 Å². The third-order valence-corrected chi connectivity index (χ3v) is 6.79. The quantitative estimate of drug-likeness (QED) is 0.514. The number of benzene rings is 2. The SMILES string of the molecule is CCN(CCCC(=O)O)C(=O)CC(NC(=O)OCC1c2ccccc2-c2ccccc21)C1CC1. The molecule has 4 rings (SSSR count). The number of fused-ring (bicyclic) bond motifs is 3. The number of nitrogens with one attached hydrogen (secondary N) is 1. The summed E-state index contributed by atoms with van der Waals surface area (Å²) in [5, 5.41) is 11.8. The van der Waals surface area contributed by atoms with Crippen LogP contribution in [0.5, 0.6) is 0 Å². The fourth-order valence-electron chi connectivity index (χ4n) is 4.82. The molecule has 0 heterocycles. The van der Waals surface area contributed by atoms with Crippen LogP contribution in [0.1, 0.15) is 56.1 Å². The number of hydrogen-bond acceptors (Lipinski definition) is 4. The molecule has 2 aliphatic carbocycles. The molecule has 1 saturated carbocycles. The summed E-state index contributed by atoms with van der Waals surface area (Å²) in [6, 6.07) is 16.1. The van der Waals surface area contributed by atoms with Crippen molar-refractivity contribution in [3.63, 3.8) is 0 Å². The van der Waals surface area contributed by atoms with Crippen molar-refractivity contribution >= 4 is 18.0 Å². The highest BCUT2D eigenvalue weighted by Crippen LogP contribution is 2.44. The number of ether oxygens (including phenoxy) is 1. The molecule has 0 bridgehead atoms. The molecule has 180 valence electrons. The Hall–Kier alpha value is -3.35. The summed E-state index contributed by atoms with van der Waals surface area (Å²) in [5.74, 6) is -0.661. The smallest absolute Gasteiger partial charge is 0.407 e. The van der Waals surface area contributed by atoms with Gasteiger partial charge < -0.3 is 20.1 Å². The Balaban J connectivity index is 1.33. The zero-order valence-electron chi connectivity index (χ0n) is 19.5. The molecular formula is C27H32N2O5. The Bertz CT molecular complexity index is 1000. The maximum atomic E-state index is 12.8. The van der Waals surface area contributed by atoms with Crippen LogP contribution >= 0.6 is 0 Å². The third-order valence-electron chi connectivity index (χ3n) is 6.79. The molecule has 2 aromatic rings. The third kappa shape index (κ3) is 5.58. The minimum Gasteiger partial charge on any atom is -0.481 e. The maximum absolute atomic E-state index is 12.8. The number of aliphatic carboxylic acids is 1. The van der Waals surface area contributed by atoms with Crippen molar-refractivity contribution in [1.82, 2.24) is 10.2 Å². The number of carboxylic acids is 1. The van der Waals surface area contributed by atoms with Gasteiger partial charge in [-0.1, -0.05) is 48.5 Å². The predicted octanol–water partition coefficient (Wildman–Crippen LogP) is 4.41. The van der Waals surface area contributed by atoms with E-state index in [2.05, 4.69) is 29.6 Å². The van der Waals surface area contributed by atoms with Gasteiger partial charge in [0, 0.05) is 37.9 Å². The van der Waals surface area contributed by atoms with Crippen LogP contribution in [0.2, 0.25) is 0 Å². The van der Waals surface area contributed by atoms with Gasteiger partial charge >= 0.3 is 12.1 Å². The minimum atomic E-state index is -0.865. The van der Waals surface area contributed by atoms with Gasteiger partial charge in [0.2, 0.25) is 5.91 Å². The summed E-state index contributed by atoms with van der Waals surface area (Å²) >= 11 is 0. The van der Waals surface area contributed by atoms with Gasteiger partial charge in [-0.3, -0.25) is 9.59 Å². The molecule has 0 radical (unpaired) electrons. The number of carbonyl (C=O) groups is 3. The highest BCUT2D eigenvalue weighted by molar-refractivity contribution is 5.80. The van der Waals surface area contributed by atoms with E-state index in [1.54, 1.807) is 4.90 Å². The molecule has 0 aliphatic heterocycles. The van der Waals surface area contributed by atoms with Crippen molar-refractivity contribution in [3.05, 3.63) is 59.7 Å². The first-order chi connectivity index (χ1) is 16.5. The highest BCUT2D eigenvalue weighted by atomic mass is 16.5. The fraction of sp³-hybridized carbons (Fsp3) is 0.444. The molecule has 2 aromatic carbocycles. The number of rotatable bonds is 11. The van der Waals surface area contributed by atoms with Crippen molar-refractivity contribution in [2.75, 3.05) is 19.7 Å². The van der Waals surface area contributed by atoms with Gasteiger partial charge in [0.05, 0.1) is 0 Å². The maximum Gasteiger partial charge on any atom is 0.407 e. The summed E-state index contributed by atoms with van der Waals surface area (Å²) in [4.78, 5) is 37.9. The van der Waals surface area contributed by atoms with Crippen molar-refractivity contribution in [1.29, 1.82) is 0 Å². The Morgan fingerprint density at radius 3 is 2.24 bits per heavy atom. The molecule has 0 saturated heterocycles. The fourth-order valence-corrected chi connectivity index (χ4v) is 4.82. The van der Waals surface area contributed by atoms with E-state index in [9.17, 15) is 14.4 Å². The second kappa shape index (κ2) is 10.7. The Labute approximate surface area is 200 Å². The van der Waals surface area contributed by atoms with E-state index in [1.165, 1.54) is 11.1 Å². The standard InChI is InChI=1S/C27H32N2O5/c1-2-29(15-7-12-26(31)32)25(30)16-24(18-13-14-18)28-27(33)34-17-23-21-10-5-3-8-19(21)20-9-4-6-11-22(20)23/h3-6,8-11,18,23-24H,2,7,12-17H2,1H3,(H,28,33)(H,31,32). The van der Waals surface area contributed by atoms with Crippen LogP contribution in [0.3, 0.4) is 0 Å². The second-order valence-corrected chi connectivity index (χ2v) is 9.09. The summed E-state index contributed by atoms with van der Waals surface area (Å²) < 4.78 is 5.67. The highest BCUT2D eigenvalue weighted by Gasteiger charge is 2.35. The lowest BCUT2D eigenvalue weighted by atomic mass is 9.98.